The van der Waals surface area contributed by atoms with Crippen LogP contribution in [0.5, 0.6) is 0 Å². The fourth-order valence-electron chi connectivity index (χ4n) is 3.05. The van der Waals surface area contributed by atoms with Gasteiger partial charge in [0.05, 0.1) is 4.92 Å². The number of carbonyl (C=O) groups is 2. The number of aryl methyl sites for hydroxylation is 1. The molecule has 2 atom stereocenters. The number of nitro benzene ring substituents is 1. The molecule has 1 saturated carbocycles. The summed E-state index contributed by atoms with van der Waals surface area (Å²) in [4.78, 5) is 34.5. The Morgan fingerprint density at radius 1 is 1.33 bits per heavy atom. The van der Waals surface area contributed by atoms with Crippen LogP contribution in [-0.2, 0) is 9.53 Å². The summed E-state index contributed by atoms with van der Waals surface area (Å²) < 4.78 is 4.96. The average molecular weight is 334 g/mol. The quantitative estimate of drug-likeness (QED) is 0.507. The Morgan fingerprint density at radius 3 is 2.71 bits per heavy atom. The number of para-hydroxylation sites is 1. The van der Waals surface area contributed by atoms with E-state index in [1.54, 1.807) is 19.1 Å². The molecule has 0 aliphatic heterocycles. The van der Waals surface area contributed by atoms with Crippen molar-refractivity contribution in [1.82, 2.24) is 5.32 Å². The fourth-order valence-corrected chi connectivity index (χ4v) is 3.05. The lowest BCUT2D eigenvalue weighted by molar-refractivity contribution is -0.385. The van der Waals surface area contributed by atoms with Crippen LogP contribution in [0.15, 0.2) is 18.2 Å². The van der Waals surface area contributed by atoms with E-state index >= 15 is 0 Å². The highest BCUT2D eigenvalue weighted by molar-refractivity contribution is 5.95. The van der Waals surface area contributed by atoms with Gasteiger partial charge >= 0.3 is 5.97 Å². The number of carbonyl (C=O) groups excluding carboxylic acids is 2. The van der Waals surface area contributed by atoms with Crippen LogP contribution in [0.25, 0.3) is 0 Å². The first-order valence-electron chi connectivity index (χ1n) is 8.10. The van der Waals surface area contributed by atoms with Crippen LogP contribution in [0.1, 0.15) is 48.5 Å². The highest BCUT2D eigenvalue weighted by atomic mass is 16.6. The summed E-state index contributed by atoms with van der Waals surface area (Å²) in [6.07, 6.45) is 4.23. The molecule has 1 fully saturated rings. The van der Waals surface area contributed by atoms with E-state index in [-0.39, 0.29) is 23.2 Å². The molecule has 1 aromatic carbocycles. The highest BCUT2D eigenvalue weighted by Crippen LogP contribution is 2.24. The molecule has 7 heteroatoms. The highest BCUT2D eigenvalue weighted by Gasteiger charge is 2.26. The number of nitrogens with one attached hydrogen (secondary N) is 1. The maximum absolute atomic E-state index is 12.1. The van der Waals surface area contributed by atoms with Crippen molar-refractivity contribution in [3.8, 4) is 0 Å². The van der Waals surface area contributed by atoms with Crippen LogP contribution in [-0.4, -0.2) is 29.4 Å². The molecule has 7 nitrogen and oxygen atoms in total. The zero-order valence-electron chi connectivity index (χ0n) is 13.9. The van der Waals surface area contributed by atoms with Gasteiger partial charge in [-0.2, -0.15) is 0 Å². The minimum atomic E-state index is -0.864. The van der Waals surface area contributed by atoms with Crippen molar-refractivity contribution < 1.29 is 19.2 Å². The van der Waals surface area contributed by atoms with E-state index in [9.17, 15) is 19.7 Å². The van der Waals surface area contributed by atoms with Gasteiger partial charge in [-0.25, -0.2) is 4.79 Å². The van der Waals surface area contributed by atoms with E-state index in [2.05, 4.69) is 12.2 Å². The van der Waals surface area contributed by atoms with Crippen molar-refractivity contribution in [3.63, 3.8) is 0 Å². The molecule has 0 heterocycles. The minimum absolute atomic E-state index is 0.0956. The van der Waals surface area contributed by atoms with Gasteiger partial charge in [0.15, 0.2) is 6.61 Å². The molecule has 0 aromatic heterocycles. The van der Waals surface area contributed by atoms with E-state index < -0.39 is 17.5 Å². The van der Waals surface area contributed by atoms with Crippen molar-refractivity contribution in [2.75, 3.05) is 6.61 Å². The molecule has 2 rings (SSSR count). The van der Waals surface area contributed by atoms with Crippen molar-refractivity contribution in [1.29, 1.82) is 0 Å². The van der Waals surface area contributed by atoms with Crippen LogP contribution < -0.4 is 5.32 Å². The molecular weight excluding hydrogens is 312 g/mol. The summed E-state index contributed by atoms with van der Waals surface area (Å²) in [5.74, 6) is -0.842. The Hall–Kier alpha value is -2.44. The van der Waals surface area contributed by atoms with Crippen molar-refractivity contribution in [2.24, 2.45) is 5.92 Å². The summed E-state index contributed by atoms with van der Waals surface area (Å²) in [7, 11) is 0. The predicted molar refractivity (Wildman–Crippen MR) is 87.7 cm³/mol. The zero-order chi connectivity index (χ0) is 17.7. The van der Waals surface area contributed by atoms with Gasteiger partial charge in [0.2, 0.25) is 0 Å². The van der Waals surface area contributed by atoms with Crippen LogP contribution in [0.4, 0.5) is 5.69 Å². The summed E-state index contributed by atoms with van der Waals surface area (Å²) in [6.45, 7) is 3.20. The number of benzene rings is 1. The second-order valence-electron chi connectivity index (χ2n) is 6.24. The Kier molecular flexibility index (Phi) is 5.89. The van der Waals surface area contributed by atoms with Crippen molar-refractivity contribution in [3.05, 3.63) is 39.4 Å². The third-order valence-corrected chi connectivity index (χ3v) is 4.43. The molecule has 24 heavy (non-hydrogen) atoms. The zero-order valence-corrected chi connectivity index (χ0v) is 13.9. The lowest BCUT2D eigenvalue weighted by atomic mass is 9.86. The number of nitrogens with zero attached hydrogens (tertiary/aromatic N) is 1. The molecule has 1 aliphatic rings. The Labute approximate surface area is 140 Å². The smallest absolute Gasteiger partial charge is 0.345 e. The number of hydrogen-bond acceptors (Lipinski definition) is 5. The van der Waals surface area contributed by atoms with E-state index in [4.69, 9.17) is 4.74 Å². The summed E-state index contributed by atoms with van der Waals surface area (Å²) >= 11 is 0. The van der Waals surface area contributed by atoms with E-state index in [1.807, 2.05) is 0 Å². The summed E-state index contributed by atoms with van der Waals surface area (Å²) in [5.41, 5.74) is -0.0578. The van der Waals surface area contributed by atoms with E-state index in [0.717, 1.165) is 19.3 Å². The van der Waals surface area contributed by atoms with Crippen LogP contribution in [0.2, 0.25) is 0 Å². The second kappa shape index (κ2) is 7.90. The number of hydrogen-bond donors (Lipinski definition) is 1. The standard InChI is InChI=1S/C17H22N2O5/c1-11-6-3-4-9-14(11)18-15(20)10-24-17(21)13-8-5-7-12(2)16(13)19(22)23/h5,7-8,11,14H,3-4,6,9-10H2,1-2H3,(H,18,20)/t11-,14-/m1/s1. The maximum Gasteiger partial charge on any atom is 0.345 e. The lowest BCUT2D eigenvalue weighted by Crippen LogP contribution is -2.42. The Bertz CT molecular complexity index is 644. The topological polar surface area (TPSA) is 98.5 Å². The largest absolute Gasteiger partial charge is 0.452 e. The second-order valence-corrected chi connectivity index (χ2v) is 6.24. The molecular formula is C17H22N2O5. The van der Waals surface area contributed by atoms with Gasteiger partial charge in [-0.3, -0.25) is 14.9 Å². The van der Waals surface area contributed by atoms with Crippen LogP contribution >= 0.6 is 0 Å². The molecule has 1 amide bonds. The van der Waals surface area contributed by atoms with Gasteiger partial charge in [0, 0.05) is 11.6 Å². The van der Waals surface area contributed by atoms with Gasteiger partial charge in [-0.1, -0.05) is 31.9 Å². The van der Waals surface area contributed by atoms with Crippen molar-refractivity contribution >= 4 is 17.6 Å². The third kappa shape index (κ3) is 4.31. The van der Waals surface area contributed by atoms with Crippen molar-refractivity contribution in [2.45, 2.75) is 45.6 Å². The van der Waals surface area contributed by atoms with Gasteiger partial charge in [0.25, 0.3) is 11.6 Å². The fraction of sp³-hybridized carbons (Fsp3) is 0.529. The lowest BCUT2D eigenvalue weighted by Gasteiger charge is -2.29. The molecule has 0 radical (unpaired) electrons. The molecule has 1 aromatic rings. The maximum atomic E-state index is 12.1. The number of esters is 1. The first-order chi connectivity index (χ1) is 11.4. The average Bonchev–Trinajstić information content (AvgIpc) is 2.54. The van der Waals surface area contributed by atoms with E-state index in [1.165, 1.54) is 12.5 Å². The molecule has 0 bridgehead atoms. The minimum Gasteiger partial charge on any atom is -0.452 e. The number of amides is 1. The normalized spacial score (nSPS) is 20.2. The van der Waals surface area contributed by atoms with Crippen LogP contribution in [0, 0.1) is 23.0 Å². The molecule has 0 unspecified atom stereocenters. The molecule has 0 spiro atoms. The Morgan fingerprint density at radius 2 is 2.04 bits per heavy atom. The number of ether oxygens (including phenoxy) is 1. The predicted octanol–water partition coefficient (Wildman–Crippen LogP) is 2.75. The third-order valence-electron chi connectivity index (χ3n) is 4.43. The molecule has 0 saturated heterocycles. The van der Waals surface area contributed by atoms with Gasteiger partial charge in [-0.15, -0.1) is 0 Å². The summed E-state index contributed by atoms with van der Waals surface area (Å²) in [6, 6.07) is 4.52. The van der Waals surface area contributed by atoms with E-state index in [0.29, 0.717) is 11.5 Å². The van der Waals surface area contributed by atoms with Gasteiger partial charge in [-0.05, 0) is 31.7 Å². The molecule has 130 valence electrons. The SMILES string of the molecule is Cc1cccc(C(=O)OCC(=O)N[C@@H]2CCCC[C@H]2C)c1[N+](=O)[O-]. The Balaban J connectivity index is 1.95. The summed E-state index contributed by atoms with van der Waals surface area (Å²) in [5, 5.41) is 14.0. The number of nitro groups is 1. The molecule has 1 N–H and O–H groups in total. The molecule has 1 aliphatic carbocycles. The first kappa shape index (κ1) is 17.9. The monoisotopic (exact) mass is 334 g/mol. The number of rotatable bonds is 5. The van der Waals surface area contributed by atoms with Gasteiger partial charge in [0.1, 0.15) is 5.56 Å². The first-order valence-corrected chi connectivity index (χ1v) is 8.10. The van der Waals surface area contributed by atoms with Gasteiger partial charge < -0.3 is 10.1 Å². The van der Waals surface area contributed by atoms with Crippen LogP contribution in [0.3, 0.4) is 0 Å².